The second-order valence-electron chi connectivity index (χ2n) is 6.51. The summed E-state index contributed by atoms with van der Waals surface area (Å²) in [5, 5.41) is 5.30. The van der Waals surface area contributed by atoms with Gasteiger partial charge in [0.05, 0.1) is 0 Å². The molecule has 0 saturated carbocycles. The van der Waals surface area contributed by atoms with Gasteiger partial charge in [0.25, 0.3) is 0 Å². The normalized spacial score (nSPS) is 11.2. The SMILES string of the molecule is CC(C)(C)C.c1ccc2c(c1)ccc1ccccc12. The number of rotatable bonds is 0. The van der Waals surface area contributed by atoms with E-state index in [0.717, 1.165) is 0 Å². The van der Waals surface area contributed by atoms with Crippen LogP contribution in [0.2, 0.25) is 0 Å². The van der Waals surface area contributed by atoms with Gasteiger partial charge in [-0.25, -0.2) is 0 Å². The van der Waals surface area contributed by atoms with Crippen molar-refractivity contribution in [2.45, 2.75) is 27.7 Å². The Morgan fingerprint density at radius 3 is 1.21 bits per heavy atom. The molecule has 0 N–H and O–H groups in total. The molecule has 98 valence electrons. The summed E-state index contributed by atoms with van der Waals surface area (Å²) < 4.78 is 0. The Labute approximate surface area is 116 Å². The third-order valence-corrected chi connectivity index (χ3v) is 2.65. The maximum atomic E-state index is 2.19. The van der Waals surface area contributed by atoms with Crippen molar-refractivity contribution >= 4 is 21.5 Å². The van der Waals surface area contributed by atoms with Gasteiger partial charge >= 0.3 is 0 Å². The molecule has 0 amide bonds. The maximum absolute atomic E-state index is 2.19. The van der Waals surface area contributed by atoms with Crippen molar-refractivity contribution in [3.8, 4) is 0 Å². The number of hydrogen-bond donors (Lipinski definition) is 0. The van der Waals surface area contributed by atoms with E-state index in [0.29, 0.717) is 5.41 Å². The topological polar surface area (TPSA) is 0 Å². The lowest BCUT2D eigenvalue weighted by atomic mass is 10.0. The van der Waals surface area contributed by atoms with Gasteiger partial charge < -0.3 is 0 Å². The summed E-state index contributed by atoms with van der Waals surface area (Å²) in [7, 11) is 0. The average molecular weight is 250 g/mol. The predicted octanol–water partition coefficient (Wildman–Crippen LogP) is 6.05. The minimum absolute atomic E-state index is 0.500. The molecule has 0 aromatic heterocycles. The Balaban J connectivity index is 0.000000232. The summed E-state index contributed by atoms with van der Waals surface area (Å²) in [5.41, 5.74) is 0.500. The molecule has 0 heterocycles. The Morgan fingerprint density at radius 1 is 0.526 bits per heavy atom. The van der Waals surface area contributed by atoms with Gasteiger partial charge in [-0.05, 0) is 27.0 Å². The van der Waals surface area contributed by atoms with Gasteiger partial charge in [-0.2, -0.15) is 0 Å². The largest absolute Gasteiger partial charge is 0.0616 e. The van der Waals surface area contributed by atoms with E-state index in [9.17, 15) is 0 Å². The van der Waals surface area contributed by atoms with E-state index in [1.807, 2.05) is 0 Å². The van der Waals surface area contributed by atoms with Gasteiger partial charge in [0.15, 0.2) is 0 Å². The van der Waals surface area contributed by atoms with Crippen molar-refractivity contribution in [3.05, 3.63) is 60.7 Å². The van der Waals surface area contributed by atoms with E-state index in [-0.39, 0.29) is 0 Å². The van der Waals surface area contributed by atoms with E-state index in [1.165, 1.54) is 21.5 Å². The summed E-state index contributed by atoms with van der Waals surface area (Å²) in [6, 6.07) is 21.4. The fourth-order valence-corrected chi connectivity index (χ4v) is 1.95. The standard InChI is InChI=1S/C14H10.C5H12/c1-3-7-13-11(5-1)9-10-12-6-2-4-8-14(12)13;1-5(2,3)4/h1-10H;1-4H3. The number of benzene rings is 3. The quantitative estimate of drug-likeness (QED) is 0.426. The van der Waals surface area contributed by atoms with Crippen LogP contribution >= 0.6 is 0 Å². The van der Waals surface area contributed by atoms with Crippen molar-refractivity contribution in [1.29, 1.82) is 0 Å². The Bertz CT molecular complexity index is 611. The highest BCUT2D eigenvalue weighted by Gasteiger charge is 1.97. The summed E-state index contributed by atoms with van der Waals surface area (Å²) in [6.45, 7) is 8.75. The third-order valence-electron chi connectivity index (χ3n) is 2.65. The molecule has 0 saturated heterocycles. The molecule has 0 fully saturated rings. The highest BCUT2D eigenvalue weighted by molar-refractivity contribution is 6.07. The van der Waals surface area contributed by atoms with Crippen LogP contribution in [0.15, 0.2) is 60.7 Å². The van der Waals surface area contributed by atoms with Gasteiger partial charge in [0.1, 0.15) is 0 Å². The molecule has 3 aromatic carbocycles. The fraction of sp³-hybridized carbons (Fsp3) is 0.263. The van der Waals surface area contributed by atoms with Crippen LogP contribution in [0.4, 0.5) is 0 Å². The van der Waals surface area contributed by atoms with Crippen LogP contribution in [-0.2, 0) is 0 Å². The summed E-state index contributed by atoms with van der Waals surface area (Å²) in [6.07, 6.45) is 0. The highest BCUT2D eigenvalue weighted by Crippen LogP contribution is 2.24. The van der Waals surface area contributed by atoms with E-state index >= 15 is 0 Å². The van der Waals surface area contributed by atoms with Gasteiger partial charge in [-0.1, -0.05) is 88.4 Å². The van der Waals surface area contributed by atoms with Crippen LogP contribution in [-0.4, -0.2) is 0 Å². The lowest BCUT2D eigenvalue weighted by molar-refractivity contribution is 0.469. The monoisotopic (exact) mass is 250 g/mol. The molecule has 3 aromatic rings. The van der Waals surface area contributed by atoms with Crippen LogP contribution in [0.5, 0.6) is 0 Å². The van der Waals surface area contributed by atoms with Gasteiger partial charge in [0.2, 0.25) is 0 Å². The molecule has 19 heavy (non-hydrogen) atoms. The molecule has 0 aliphatic rings. The minimum Gasteiger partial charge on any atom is -0.0616 e. The fourth-order valence-electron chi connectivity index (χ4n) is 1.95. The van der Waals surface area contributed by atoms with Gasteiger partial charge in [-0.15, -0.1) is 0 Å². The van der Waals surface area contributed by atoms with Crippen molar-refractivity contribution in [1.82, 2.24) is 0 Å². The van der Waals surface area contributed by atoms with Crippen LogP contribution in [0.1, 0.15) is 27.7 Å². The molecule has 0 bridgehead atoms. The number of hydrogen-bond acceptors (Lipinski definition) is 0. The number of fused-ring (bicyclic) bond motifs is 3. The van der Waals surface area contributed by atoms with Crippen LogP contribution < -0.4 is 0 Å². The van der Waals surface area contributed by atoms with Crippen molar-refractivity contribution in [2.24, 2.45) is 5.41 Å². The first-order valence-corrected chi connectivity index (χ1v) is 6.82. The highest BCUT2D eigenvalue weighted by atomic mass is 14.0. The van der Waals surface area contributed by atoms with E-state index in [1.54, 1.807) is 0 Å². The molecule has 0 aliphatic carbocycles. The van der Waals surface area contributed by atoms with E-state index < -0.39 is 0 Å². The van der Waals surface area contributed by atoms with Gasteiger partial charge in [-0.3, -0.25) is 0 Å². The van der Waals surface area contributed by atoms with E-state index in [4.69, 9.17) is 0 Å². The average Bonchev–Trinajstić information content (AvgIpc) is 2.37. The van der Waals surface area contributed by atoms with Crippen LogP contribution in [0.3, 0.4) is 0 Å². The van der Waals surface area contributed by atoms with Crippen molar-refractivity contribution in [3.63, 3.8) is 0 Å². The molecule has 3 rings (SSSR count). The molecular weight excluding hydrogens is 228 g/mol. The second kappa shape index (κ2) is 5.44. The summed E-state index contributed by atoms with van der Waals surface area (Å²) in [5.74, 6) is 0. The van der Waals surface area contributed by atoms with Crippen LogP contribution in [0.25, 0.3) is 21.5 Å². The molecule has 0 nitrogen and oxygen atoms in total. The molecular formula is C19H22. The lowest BCUT2D eigenvalue weighted by Crippen LogP contribution is -1.93. The van der Waals surface area contributed by atoms with Crippen LogP contribution in [0, 0.1) is 5.41 Å². The first kappa shape index (κ1) is 13.6. The first-order valence-electron chi connectivity index (χ1n) is 6.82. The Morgan fingerprint density at radius 2 is 0.842 bits per heavy atom. The minimum atomic E-state index is 0.500. The molecule has 0 spiro atoms. The molecule has 0 atom stereocenters. The molecule has 0 unspecified atom stereocenters. The zero-order valence-corrected chi connectivity index (χ0v) is 12.3. The molecule has 0 radical (unpaired) electrons. The van der Waals surface area contributed by atoms with E-state index in [2.05, 4.69) is 88.4 Å². The predicted molar refractivity (Wildman–Crippen MR) is 86.6 cm³/mol. The summed E-state index contributed by atoms with van der Waals surface area (Å²) in [4.78, 5) is 0. The summed E-state index contributed by atoms with van der Waals surface area (Å²) >= 11 is 0. The zero-order chi connectivity index (χ0) is 13.9. The first-order chi connectivity index (χ1) is 8.95. The molecule has 0 aliphatic heterocycles. The third kappa shape index (κ3) is 3.82. The maximum Gasteiger partial charge on any atom is -0.0105 e. The van der Waals surface area contributed by atoms with Crippen molar-refractivity contribution < 1.29 is 0 Å². The second-order valence-corrected chi connectivity index (χ2v) is 6.51. The lowest BCUT2D eigenvalue weighted by Gasteiger charge is -2.05. The van der Waals surface area contributed by atoms with Gasteiger partial charge in [0, 0.05) is 0 Å². The smallest absolute Gasteiger partial charge is 0.0105 e. The zero-order valence-electron chi connectivity index (χ0n) is 12.3. The Hall–Kier alpha value is -1.82. The van der Waals surface area contributed by atoms with Crippen molar-refractivity contribution in [2.75, 3.05) is 0 Å². The molecule has 0 heteroatoms. The Kier molecular flexibility index (Phi) is 3.90.